The molecule has 1 aromatic heterocycles. The molecule has 1 atom stereocenters. The lowest BCUT2D eigenvalue weighted by Crippen LogP contribution is -2.30. The standard InChI is InChI=1S/C33H30FN3O4S2/c1-2-3-9-19-41-25-15-10-14-23(20-25)29-28(27(38)18-17-22-11-5-4-6-12-22)30(39)31(40)37(29)32-35-36-33(43-32)42-21-24-13-7-8-16-26(24)34/h4-8,10-18,20,29,39H,2-3,9,19,21H2,1H3/b18-17+. The van der Waals surface area contributed by atoms with Crippen molar-refractivity contribution in [1.82, 2.24) is 10.2 Å². The smallest absolute Gasteiger partial charge is 0.296 e. The highest BCUT2D eigenvalue weighted by atomic mass is 32.2. The molecule has 10 heteroatoms. The van der Waals surface area contributed by atoms with Gasteiger partial charge < -0.3 is 9.84 Å². The SMILES string of the molecule is CCCCCOc1cccc(C2C(C(=O)/C=C/c3ccccc3)=C(O)C(=O)N2c2nnc(SCc3ccccc3F)s2)c1. The van der Waals surface area contributed by atoms with Crippen LogP contribution in [0.3, 0.4) is 0 Å². The fourth-order valence-electron chi connectivity index (χ4n) is 4.63. The first-order valence-electron chi connectivity index (χ1n) is 13.9. The Bertz CT molecular complexity index is 1650. The number of rotatable bonds is 13. The Morgan fingerprint density at radius 3 is 2.65 bits per heavy atom. The fourth-order valence-corrected chi connectivity index (χ4v) is 6.48. The first-order valence-corrected chi connectivity index (χ1v) is 15.7. The molecule has 1 amide bonds. The number of nitrogens with zero attached hydrogens (tertiary/aromatic N) is 3. The van der Waals surface area contributed by atoms with Crippen LogP contribution in [0, 0.1) is 5.82 Å². The molecule has 1 aliphatic rings. The highest BCUT2D eigenvalue weighted by Crippen LogP contribution is 2.44. The molecule has 7 nitrogen and oxygen atoms in total. The van der Waals surface area contributed by atoms with Gasteiger partial charge in [0.05, 0.1) is 18.2 Å². The van der Waals surface area contributed by atoms with Crippen molar-refractivity contribution in [2.75, 3.05) is 11.5 Å². The first-order chi connectivity index (χ1) is 21.0. The number of aliphatic hydroxyl groups is 1. The molecule has 0 bridgehead atoms. The summed E-state index contributed by atoms with van der Waals surface area (Å²) < 4.78 is 20.6. The molecule has 4 aromatic rings. The van der Waals surface area contributed by atoms with Crippen LogP contribution in [0.2, 0.25) is 0 Å². The number of hydrogen-bond donors (Lipinski definition) is 1. The van der Waals surface area contributed by atoms with Gasteiger partial charge in [-0.05, 0) is 47.4 Å². The summed E-state index contributed by atoms with van der Waals surface area (Å²) in [4.78, 5) is 28.4. The number of ketones is 1. The second-order valence-corrected chi connectivity index (χ2v) is 12.0. The number of hydrogen-bond acceptors (Lipinski definition) is 8. The molecule has 0 saturated heterocycles. The summed E-state index contributed by atoms with van der Waals surface area (Å²) in [5.74, 6) is -1.29. The molecule has 43 heavy (non-hydrogen) atoms. The summed E-state index contributed by atoms with van der Waals surface area (Å²) in [5.41, 5.74) is 1.85. The van der Waals surface area contributed by atoms with E-state index in [1.54, 1.807) is 42.5 Å². The van der Waals surface area contributed by atoms with Gasteiger partial charge in [0.2, 0.25) is 5.13 Å². The van der Waals surface area contributed by atoms with Gasteiger partial charge in [-0.2, -0.15) is 0 Å². The zero-order valence-electron chi connectivity index (χ0n) is 23.5. The third-order valence-corrected chi connectivity index (χ3v) is 8.91. The molecule has 2 heterocycles. The molecule has 5 rings (SSSR count). The van der Waals surface area contributed by atoms with Gasteiger partial charge in [-0.3, -0.25) is 14.5 Å². The maximum absolute atomic E-state index is 14.1. The Labute approximate surface area is 257 Å². The maximum atomic E-state index is 14.1. The number of carbonyl (C=O) groups excluding carboxylic acids is 2. The molecule has 220 valence electrons. The molecular formula is C33H30FN3O4S2. The van der Waals surface area contributed by atoms with Crippen LogP contribution in [-0.2, 0) is 15.3 Å². The van der Waals surface area contributed by atoms with Gasteiger partial charge in [0.25, 0.3) is 5.91 Å². The minimum Gasteiger partial charge on any atom is -0.503 e. The number of anilines is 1. The zero-order chi connectivity index (χ0) is 30.2. The molecule has 0 spiro atoms. The number of thioether (sulfide) groups is 1. The molecule has 0 saturated carbocycles. The average Bonchev–Trinajstić information content (AvgIpc) is 3.60. The number of aliphatic hydroxyl groups excluding tert-OH is 1. The van der Waals surface area contributed by atoms with E-state index < -0.39 is 23.5 Å². The van der Waals surface area contributed by atoms with Crippen LogP contribution in [-0.4, -0.2) is 33.6 Å². The summed E-state index contributed by atoms with van der Waals surface area (Å²) in [6.07, 6.45) is 6.01. The minimum absolute atomic E-state index is 0.0592. The average molecular weight is 616 g/mol. The van der Waals surface area contributed by atoms with Gasteiger partial charge in [0.1, 0.15) is 11.6 Å². The molecule has 0 aliphatic carbocycles. The van der Waals surface area contributed by atoms with E-state index in [0.29, 0.717) is 33.6 Å². The zero-order valence-corrected chi connectivity index (χ0v) is 25.1. The van der Waals surface area contributed by atoms with Crippen molar-refractivity contribution < 1.29 is 23.8 Å². The van der Waals surface area contributed by atoms with Gasteiger partial charge >= 0.3 is 0 Å². The van der Waals surface area contributed by atoms with Crippen molar-refractivity contribution in [2.24, 2.45) is 0 Å². The van der Waals surface area contributed by atoms with E-state index in [1.807, 2.05) is 36.4 Å². The molecule has 1 N–H and O–H groups in total. The second-order valence-electron chi connectivity index (χ2n) is 9.81. The van der Waals surface area contributed by atoms with Gasteiger partial charge in [-0.15, -0.1) is 10.2 Å². The predicted octanol–water partition coefficient (Wildman–Crippen LogP) is 7.72. The summed E-state index contributed by atoms with van der Waals surface area (Å²) in [7, 11) is 0. The fraction of sp³-hybridized carbons (Fsp3) is 0.212. The van der Waals surface area contributed by atoms with Crippen molar-refractivity contribution in [1.29, 1.82) is 0 Å². The molecule has 0 radical (unpaired) electrons. The lowest BCUT2D eigenvalue weighted by molar-refractivity contribution is -0.117. The molecule has 1 aliphatic heterocycles. The number of carbonyl (C=O) groups is 2. The normalized spacial score (nSPS) is 15.1. The Morgan fingerprint density at radius 1 is 1.07 bits per heavy atom. The van der Waals surface area contributed by atoms with Gasteiger partial charge in [0, 0.05) is 5.75 Å². The first kappa shape index (κ1) is 30.2. The van der Waals surface area contributed by atoms with Crippen molar-refractivity contribution >= 4 is 46.0 Å². The van der Waals surface area contributed by atoms with Crippen LogP contribution in [0.4, 0.5) is 9.52 Å². The maximum Gasteiger partial charge on any atom is 0.296 e. The van der Waals surface area contributed by atoms with E-state index >= 15 is 0 Å². The monoisotopic (exact) mass is 615 g/mol. The van der Waals surface area contributed by atoms with Crippen molar-refractivity contribution in [2.45, 2.75) is 42.3 Å². The molecule has 3 aromatic carbocycles. The minimum atomic E-state index is -0.961. The van der Waals surface area contributed by atoms with E-state index in [4.69, 9.17) is 4.74 Å². The van der Waals surface area contributed by atoms with E-state index in [2.05, 4.69) is 17.1 Å². The van der Waals surface area contributed by atoms with Crippen LogP contribution in [0.25, 0.3) is 6.08 Å². The predicted molar refractivity (Wildman–Crippen MR) is 168 cm³/mol. The quantitative estimate of drug-likeness (QED) is 0.0712. The van der Waals surface area contributed by atoms with Crippen LogP contribution >= 0.6 is 23.1 Å². The highest BCUT2D eigenvalue weighted by Gasteiger charge is 2.45. The Balaban J connectivity index is 1.46. The van der Waals surface area contributed by atoms with Gasteiger partial charge in [-0.1, -0.05) is 110 Å². The topological polar surface area (TPSA) is 92.6 Å². The van der Waals surface area contributed by atoms with Gasteiger partial charge in [-0.25, -0.2) is 4.39 Å². The Hall–Kier alpha value is -4.28. The summed E-state index contributed by atoms with van der Waals surface area (Å²) in [6, 6.07) is 22.0. The number of allylic oxidation sites excluding steroid dienone is 1. The van der Waals surface area contributed by atoms with Gasteiger partial charge in [0.15, 0.2) is 15.9 Å². The number of amides is 1. The van der Waals surface area contributed by atoms with Crippen LogP contribution in [0.5, 0.6) is 5.75 Å². The lowest BCUT2D eigenvalue weighted by Gasteiger charge is -2.24. The summed E-state index contributed by atoms with van der Waals surface area (Å²) in [5, 5.41) is 19.7. The third-order valence-electron chi connectivity index (χ3n) is 6.80. The van der Waals surface area contributed by atoms with E-state index in [-0.39, 0.29) is 16.5 Å². The van der Waals surface area contributed by atoms with Crippen LogP contribution in [0.15, 0.2) is 101 Å². The van der Waals surface area contributed by atoms with Crippen LogP contribution < -0.4 is 9.64 Å². The molecular weight excluding hydrogens is 586 g/mol. The number of benzene rings is 3. The number of unbranched alkanes of at least 4 members (excludes halogenated alkanes) is 2. The Morgan fingerprint density at radius 2 is 1.86 bits per heavy atom. The second kappa shape index (κ2) is 14.3. The molecule has 1 unspecified atom stereocenters. The largest absolute Gasteiger partial charge is 0.503 e. The summed E-state index contributed by atoms with van der Waals surface area (Å²) >= 11 is 2.42. The van der Waals surface area contributed by atoms with Crippen molar-refractivity contribution in [3.63, 3.8) is 0 Å². The number of halogens is 1. The number of aromatic nitrogens is 2. The van der Waals surface area contributed by atoms with Crippen molar-refractivity contribution in [3.8, 4) is 5.75 Å². The number of ether oxygens (including phenoxy) is 1. The lowest BCUT2D eigenvalue weighted by atomic mass is 9.95. The summed E-state index contributed by atoms with van der Waals surface area (Å²) in [6.45, 7) is 2.66. The highest BCUT2D eigenvalue weighted by molar-refractivity contribution is 8.00. The Kier molecular flexibility index (Phi) is 10.0. The van der Waals surface area contributed by atoms with Crippen LogP contribution in [0.1, 0.15) is 48.9 Å². The molecule has 0 fully saturated rings. The van der Waals surface area contributed by atoms with E-state index in [0.717, 1.165) is 36.2 Å². The van der Waals surface area contributed by atoms with E-state index in [1.165, 1.54) is 28.8 Å². The third kappa shape index (κ3) is 7.21. The van der Waals surface area contributed by atoms with Crippen molar-refractivity contribution in [3.05, 3.63) is 119 Å². The van der Waals surface area contributed by atoms with E-state index in [9.17, 15) is 19.1 Å².